The molecule has 5 rings (SSSR count). The highest BCUT2D eigenvalue weighted by Gasteiger charge is 2.18. The Morgan fingerprint density at radius 2 is 1.68 bits per heavy atom. The van der Waals surface area contributed by atoms with Crippen LogP contribution in [0.25, 0.3) is 10.2 Å². The molecular weight excluding hydrogens is 408 g/mol. The summed E-state index contributed by atoms with van der Waals surface area (Å²) in [5.74, 6) is 0.737. The second kappa shape index (κ2) is 8.31. The van der Waals surface area contributed by atoms with Crippen molar-refractivity contribution in [1.29, 1.82) is 0 Å². The maximum atomic E-state index is 5.94. The highest BCUT2D eigenvalue weighted by Crippen LogP contribution is 2.35. The number of nitrogens with zero attached hydrogens (tertiary/aromatic N) is 4. The van der Waals surface area contributed by atoms with Gasteiger partial charge in [0.15, 0.2) is 5.13 Å². The lowest BCUT2D eigenvalue weighted by Crippen LogP contribution is -2.46. The summed E-state index contributed by atoms with van der Waals surface area (Å²) in [6.07, 6.45) is 3.70. The van der Waals surface area contributed by atoms with E-state index >= 15 is 0 Å². The van der Waals surface area contributed by atoms with Crippen molar-refractivity contribution in [2.45, 2.75) is 0 Å². The van der Waals surface area contributed by atoms with Gasteiger partial charge in [-0.3, -0.25) is 4.98 Å². The van der Waals surface area contributed by atoms with E-state index in [0.717, 1.165) is 53.0 Å². The number of nitrogen functional groups attached to an aromatic ring is 1. The molecule has 0 spiro atoms. The lowest BCUT2D eigenvalue weighted by Gasteiger charge is -2.37. The average Bonchev–Trinajstić information content (AvgIpc) is 3.21. The Balaban J connectivity index is 1.32. The number of hydrogen-bond donors (Lipinski definition) is 2. The molecule has 1 fully saturated rings. The maximum absolute atomic E-state index is 5.94. The van der Waals surface area contributed by atoms with Crippen molar-refractivity contribution in [3.05, 3.63) is 60.9 Å². The number of nitrogens with one attached hydrogen (secondary N) is 1. The van der Waals surface area contributed by atoms with Gasteiger partial charge in [0.25, 0.3) is 0 Å². The van der Waals surface area contributed by atoms with E-state index < -0.39 is 0 Å². The number of benzene rings is 2. The van der Waals surface area contributed by atoms with Crippen molar-refractivity contribution < 1.29 is 4.74 Å². The molecule has 2 aromatic heterocycles. The van der Waals surface area contributed by atoms with Gasteiger partial charge in [-0.2, -0.15) is 0 Å². The van der Waals surface area contributed by atoms with Crippen LogP contribution >= 0.6 is 11.3 Å². The van der Waals surface area contributed by atoms with Gasteiger partial charge in [-0.1, -0.05) is 11.3 Å². The van der Waals surface area contributed by atoms with E-state index in [4.69, 9.17) is 15.5 Å². The highest BCUT2D eigenvalue weighted by molar-refractivity contribution is 7.22. The van der Waals surface area contributed by atoms with Crippen LogP contribution in [0.2, 0.25) is 0 Å². The summed E-state index contributed by atoms with van der Waals surface area (Å²) in [5, 5.41) is 4.17. The number of methoxy groups -OCH3 is 1. The van der Waals surface area contributed by atoms with Crippen LogP contribution in [-0.2, 0) is 0 Å². The smallest absolute Gasteiger partial charge is 0.188 e. The van der Waals surface area contributed by atoms with Crippen LogP contribution in [0.1, 0.15) is 0 Å². The molecule has 0 amide bonds. The van der Waals surface area contributed by atoms with E-state index in [1.54, 1.807) is 18.4 Å². The van der Waals surface area contributed by atoms with Crippen molar-refractivity contribution in [1.82, 2.24) is 9.97 Å². The zero-order valence-electron chi connectivity index (χ0n) is 17.3. The molecule has 0 aliphatic carbocycles. The van der Waals surface area contributed by atoms with Crippen LogP contribution in [-0.4, -0.2) is 43.3 Å². The Hall–Kier alpha value is -3.52. The molecule has 2 aromatic carbocycles. The van der Waals surface area contributed by atoms with Crippen LogP contribution in [0.15, 0.2) is 60.9 Å². The van der Waals surface area contributed by atoms with Crippen LogP contribution in [0.5, 0.6) is 5.75 Å². The quantitative estimate of drug-likeness (QED) is 0.454. The van der Waals surface area contributed by atoms with Crippen molar-refractivity contribution >= 4 is 49.4 Å². The number of rotatable bonds is 5. The molecule has 0 bridgehead atoms. The molecule has 1 aliphatic rings. The Labute approximate surface area is 185 Å². The molecule has 158 valence electrons. The highest BCUT2D eigenvalue weighted by atomic mass is 32.1. The molecular formula is C23H24N6OS. The summed E-state index contributed by atoms with van der Waals surface area (Å²) in [6, 6.07) is 16.2. The van der Waals surface area contributed by atoms with Crippen molar-refractivity contribution in [2.75, 3.05) is 54.1 Å². The third kappa shape index (κ3) is 4.06. The number of piperazine rings is 1. The predicted octanol–water partition coefficient (Wildman–Crippen LogP) is 4.35. The molecule has 1 aliphatic heterocycles. The van der Waals surface area contributed by atoms with Crippen molar-refractivity contribution in [2.24, 2.45) is 0 Å². The van der Waals surface area contributed by atoms with Crippen LogP contribution in [0.4, 0.5) is 27.9 Å². The lowest BCUT2D eigenvalue weighted by atomic mass is 10.2. The predicted molar refractivity (Wildman–Crippen MR) is 129 cm³/mol. The van der Waals surface area contributed by atoms with Crippen LogP contribution < -0.4 is 25.6 Å². The Morgan fingerprint density at radius 1 is 0.935 bits per heavy atom. The molecule has 31 heavy (non-hydrogen) atoms. The van der Waals surface area contributed by atoms with Gasteiger partial charge in [-0.15, -0.1) is 0 Å². The second-order valence-electron chi connectivity index (χ2n) is 7.44. The van der Waals surface area contributed by atoms with Gasteiger partial charge in [-0.05, 0) is 48.5 Å². The molecule has 0 saturated carbocycles. The van der Waals surface area contributed by atoms with Gasteiger partial charge < -0.3 is 25.6 Å². The molecule has 3 N–H and O–H groups in total. The minimum absolute atomic E-state index is 0.678. The van der Waals surface area contributed by atoms with E-state index in [9.17, 15) is 0 Å². The topological polar surface area (TPSA) is 79.5 Å². The van der Waals surface area contributed by atoms with Gasteiger partial charge in [0.1, 0.15) is 5.75 Å². The molecule has 0 radical (unpaired) electrons. The van der Waals surface area contributed by atoms with Gasteiger partial charge in [0.05, 0.1) is 23.0 Å². The maximum Gasteiger partial charge on any atom is 0.188 e. The zero-order chi connectivity index (χ0) is 21.2. The molecule has 0 unspecified atom stereocenters. The SMILES string of the molecule is COc1ccc(N)cc1Nc1nc2cc(N3CCN(c4ccncc4)CC3)ccc2s1. The largest absolute Gasteiger partial charge is 0.495 e. The molecule has 1 saturated heterocycles. The van der Waals surface area contributed by atoms with E-state index in [1.165, 1.54) is 11.4 Å². The van der Waals surface area contributed by atoms with Gasteiger partial charge >= 0.3 is 0 Å². The summed E-state index contributed by atoms with van der Waals surface area (Å²) >= 11 is 1.62. The Kier molecular flexibility index (Phi) is 5.21. The monoisotopic (exact) mass is 432 g/mol. The average molecular weight is 433 g/mol. The number of nitrogens with two attached hydrogens (primary N) is 1. The van der Waals surface area contributed by atoms with E-state index in [2.05, 4.69) is 50.4 Å². The van der Waals surface area contributed by atoms with Crippen molar-refractivity contribution in [3.8, 4) is 5.75 Å². The van der Waals surface area contributed by atoms with E-state index in [-0.39, 0.29) is 0 Å². The fourth-order valence-electron chi connectivity index (χ4n) is 3.88. The Bertz CT molecular complexity index is 1190. The third-order valence-electron chi connectivity index (χ3n) is 5.51. The Morgan fingerprint density at radius 3 is 2.42 bits per heavy atom. The summed E-state index contributed by atoms with van der Waals surface area (Å²) in [4.78, 5) is 13.7. The number of fused-ring (bicyclic) bond motifs is 1. The minimum atomic E-state index is 0.678. The first-order chi connectivity index (χ1) is 15.2. The zero-order valence-corrected chi connectivity index (χ0v) is 18.1. The molecule has 4 aromatic rings. The standard InChI is InChI=1S/C23H24N6OS/c1-30-21-4-2-16(24)14-19(21)26-23-27-20-15-18(3-5-22(20)31-23)29-12-10-28(11-13-29)17-6-8-25-9-7-17/h2-9,14-15H,10-13,24H2,1H3,(H,26,27). The van der Waals surface area contributed by atoms with Crippen LogP contribution in [0.3, 0.4) is 0 Å². The minimum Gasteiger partial charge on any atom is -0.495 e. The summed E-state index contributed by atoms with van der Waals surface area (Å²) in [6.45, 7) is 3.93. The van der Waals surface area contributed by atoms with Gasteiger partial charge in [0, 0.05) is 55.6 Å². The number of thiazole rings is 1. The summed E-state index contributed by atoms with van der Waals surface area (Å²) in [5.41, 5.74) is 10.9. The first kappa shape index (κ1) is 19.4. The number of aromatic nitrogens is 2. The fourth-order valence-corrected chi connectivity index (χ4v) is 4.74. The fraction of sp³-hybridized carbons (Fsp3) is 0.217. The summed E-state index contributed by atoms with van der Waals surface area (Å²) in [7, 11) is 1.65. The first-order valence-electron chi connectivity index (χ1n) is 10.2. The molecule has 0 atom stereocenters. The normalized spacial score (nSPS) is 14.1. The number of anilines is 5. The third-order valence-corrected chi connectivity index (χ3v) is 6.46. The first-order valence-corrected chi connectivity index (χ1v) is 11.0. The lowest BCUT2D eigenvalue weighted by molar-refractivity contribution is 0.417. The van der Waals surface area contributed by atoms with Crippen molar-refractivity contribution in [3.63, 3.8) is 0 Å². The van der Waals surface area contributed by atoms with E-state index in [0.29, 0.717) is 5.69 Å². The molecule has 3 heterocycles. The van der Waals surface area contributed by atoms with Crippen LogP contribution in [0, 0.1) is 0 Å². The summed E-state index contributed by atoms with van der Waals surface area (Å²) < 4.78 is 6.57. The van der Waals surface area contributed by atoms with Gasteiger partial charge in [-0.25, -0.2) is 4.98 Å². The van der Waals surface area contributed by atoms with E-state index in [1.807, 2.05) is 30.6 Å². The number of hydrogen-bond acceptors (Lipinski definition) is 8. The second-order valence-corrected chi connectivity index (χ2v) is 8.47. The number of pyridine rings is 1. The number of ether oxygens (including phenoxy) is 1. The molecule has 8 heteroatoms. The van der Waals surface area contributed by atoms with Gasteiger partial charge in [0.2, 0.25) is 0 Å². The molecule has 7 nitrogen and oxygen atoms in total.